The third-order valence-electron chi connectivity index (χ3n) is 8.94. The first kappa shape index (κ1) is 36.2. The monoisotopic (exact) mass is 676 g/mol. The topological polar surface area (TPSA) is 110 Å². The van der Waals surface area contributed by atoms with Gasteiger partial charge >= 0.3 is 0 Å². The highest BCUT2D eigenvalue weighted by atomic mass is 16.5. The number of hydrogen-bond donors (Lipinski definition) is 1. The van der Waals surface area contributed by atoms with Gasteiger partial charge in [-0.15, -0.1) is 0 Å². The molecule has 0 bridgehead atoms. The Kier molecular flexibility index (Phi) is 12.3. The maximum absolute atomic E-state index is 14.7. The zero-order valence-corrected chi connectivity index (χ0v) is 29.7. The number of ketones is 1. The molecule has 10 nitrogen and oxygen atoms in total. The molecule has 1 atom stereocenters. The van der Waals surface area contributed by atoms with Crippen molar-refractivity contribution in [1.82, 2.24) is 25.2 Å². The van der Waals surface area contributed by atoms with Gasteiger partial charge in [0.15, 0.2) is 5.78 Å². The number of hydrogen-bond acceptors (Lipinski definition) is 7. The Morgan fingerprint density at radius 1 is 0.940 bits per heavy atom. The second kappa shape index (κ2) is 17.0. The van der Waals surface area contributed by atoms with Crippen molar-refractivity contribution in [3.63, 3.8) is 0 Å². The summed E-state index contributed by atoms with van der Waals surface area (Å²) in [4.78, 5) is 46.8. The van der Waals surface area contributed by atoms with E-state index in [1.165, 1.54) is 17.2 Å². The van der Waals surface area contributed by atoms with Crippen molar-refractivity contribution in [3.05, 3.63) is 119 Å². The molecule has 1 unspecified atom stereocenters. The van der Waals surface area contributed by atoms with E-state index < -0.39 is 0 Å². The van der Waals surface area contributed by atoms with E-state index >= 15 is 0 Å². The molecule has 0 aliphatic carbocycles. The Morgan fingerprint density at radius 3 is 2.28 bits per heavy atom. The molecule has 1 aliphatic heterocycles. The fraction of sp³-hybridized carbons (Fsp3) is 0.375. The molecule has 262 valence electrons. The number of nitrogens with one attached hydrogen (secondary N) is 1. The lowest BCUT2D eigenvalue weighted by molar-refractivity contribution is -0.127. The number of nitrogens with zero attached hydrogens (tertiary/aromatic N) is 5. The van der Waals surface area contributed by atoms with Crippen LogP contribution in [0.2, 0.25) is 0 Å². The highest BCUT2D eigenvalue weighted by molar-refractivity contribution is 6.10. The van der Waals surface area contributed by atoms with E-state index in [4.69, 9.17) is 4.74 Å². The summed E-state index contributed by atoms with van der Waals surface area (Å²) in [6.45, 7) is 11.7. The molecule has 0 spiro atoms. The summed E-state index contributed by atoms with van der Waals surface area (Å²) in [7, 11) is 0. The maximum Gasteiger partial charge on any atom is 0.263 e. The number of aryl methyl sites for hydroxylation is 1. The summed E-state index contributed by atoms with van der Waals surface area (Å²) in [6, 6.07) is 22.7. The van der Waals surface area contributed by atoms with Gasteiger partial charge in [0, 0.05) is 29.3 Å². The molecule has 2 amide bonds. The Bertz CT molecular complexity index is 1780. The van der Waals surface area contributed by atoms with Gasteiger partial charge in [0.25, 0.3) is 5.91 Å². The van der Waals surface area contributed by atoms with Crippen molar-refractivity contribution in [2.24, 2.45) is 5.92 Å². The lowest BCUT2D eigenvalue weighted by atomic mass is 9.95. The second-order valence-electron chi connectivity index (χ2n) is 13.1. The minimum Gasteiger partial charge on any atom is -0.489 e. The van der Waals surface area contributed by atoms with Crippen LogP contribution in [-0.4, -0.2) is 63.2 Å². The second-order valence-corrected chi connectivity index (χ2v) is 13.1. The lowest BCUT2D eigenvalue weighted by Gasteiger charge is -2.35. The van der Waals surface area contributed by atoms with E-state index in [2.05, 4.69) is 26.5 Å². The van der Waals surface area contributed by atoms with E-state index in [1.807, 2.05) is 89.2 Å². The van der Waals surface area contributed by atoms with Crippen molar-refractivity contribution in [2.75, 3.05) is 24.5 Å². The largest absolute Gasteiger partial charge is 0.489 e. The molecule has 1 fully saturated rings. The molecular weight excluding hydrogens is 628 g/mol. The Morgan fingerprint density at radius 2 is 1.62 bits per heavy atom. The molecule has 1 N–H and O–H groups in total. The molecule has 1 aromatic heterocycles. The SMILES string of the molecule is CC/C=C(\CN1CCC(C(=O)NC(C)c2ccccc2)CC1)N(C(=O)c1ccccc1C)c1cc(C(=O)Cn2nccn2)ccc1OC(C)C. The molecule has 4 aromatic rings. The number of Topliss-reactive ketones (excluding diaryl/α,β-unsaturated/α-hetero) is 1. The zero-order chi connectivity index (χ0) is 35.6. The van der Waals surface area contributed by atoms with Crippen molar-refractivity contribution in [1.29, 1.82) is 0 Å². The molecule has 50 heavy (non-hydrogen) atoms. The molecule has 2 heterocycles. The quantitative estimate of drug-likeness (QED) is 0.147. The highest BCUT2D eigenvalue weighted by Gasteiger charge is 2.31. The first-order valence-corrected chi connectivity index (χ1v) is 17.5. The number of aromatic nitrogens is 3. The summed E-state index contributed by atoms with van der Waals surface area (Å²) in [6.07, 6.45) is 7.07. The van der Waals surface area contributed by atoms with Gasteiger partial charge in [-0.2, -0.15) is 15.0 Å². The Balaban J connectivity index is 1.43. The Hall–Kier alpha value is -5.09. The van der Waals surface area contributed by atoms with E-state index in [0.29, 0.717) is 61.5 Å². The van der Waals surface area contributed by atoms with Gasteiger partial charge in [-0.3, -0.25) is 24.2 Å². The van der Waals surface area contributed by atoms with Crippen LogP contribution in [0.4, 0.5) is 5.69 Å². The van der Waals surface area contributed by atoms with Crippen LogP contribution < -0.4 is 15.0 Å². The number of carbonyl (C=O) groups is 3. The Labute approximate surface area is 295 Å². The fourth-order valence-corrected chi connectivity index (χ4v) is 6.29. The predicted octanol–water partition coefficient (Wildman–Crippen LogP) is 6.79. The number of allylic oxidation sites excluding steroid dienone is 1. The summed E-state index contributed by atoms with van der Waals surface area (Å²) < 4.78 is 6.29. The average Bonchev–Trinajstić information content (AvgIpc) is 3.62. The third-order valence-corrected chi connectivity index (χ3v) is 8.94. The third kappa shape index (κ3) is 9.12. The van der Waals surface area contributed by atoms with Gasteiger partial charge in [-0.1, -0.05) is 61.5 Å². The molecule has 10 heteroatoms. The van der Waals surface area contributed by atoms with Crippen LogP contribution in [0.15, 0.2) is 97.0 Å². The number of benzene rings is 3. The van der Waals surface area contributed by atoms with E-state index in [1.54, 1.807) is 23.1 Å². The standard InChI is InChI=1S/C40H48N6O4/c1-6-12-34(26-44-23-19-32(20-24-44)39(48)43-30(5)31-14-8-7-9-15-31)46(40(49)35-16-11-10-13-29(35)4)36-25-33(17-18-38(36)50-28(2)3)37(47)27-45-41-21-22-42-45/h7-18,21-22,25,28,30,32H,6,19-20,23-24,26-27H2,1-5H3,(H,43,48)/b34-12+. The highest BCUT2D eigenvalue weighted by Crippen LogP contribution is 2.36. The van der Waals surface area contributed by atoms with Gasteiger partial charge in [-0.05, 0) is 95.4 Å². The van der Waals surface area contributed by atoms with Gasteiger partial charge in [0.1, 0.15) is 12.3 Å². The fourth-order valence-electron chi connectivity index (χ4n) is 6.29. The number of likely N-dealkylation sites (tertiary alicyclic amines) is 1. The van der Waals surface area contributed by atoms with Crippen LogP contribution in [0.1, 0.15) is 84.8 Å². The first-order chi connectivity index (χ1) is 24.1. The van der Waals surface area contributed by atoms with Crippen molar-refractivity contribution in [3.8, 4) is 5.75 Å². The van der Waals surface area contributed by atoms with E-state index in [0.717, 1.165) is 16.8 Å². The molecule has 1 aliphatic rings. The van der Waals surface area contributed by atoms with Crippen molar-refractivity contribution < 1.29 is 19.1 Å². The van der Waals surface area contributed by atoms with Crippen LogP contribution in [-0.2, 0) is 11.3 Å². The minimum absolute atomic E-state index is 0.0349. The lowest BCUT2D eigenvalue weighted by Crippen LogP contribution is -2.44. The number of anilines is 1. The number of amides is 2. The van der Waals surface area contributed by atoms with Crippen LogP contribution in [0.5, 0.6) is 5.75 Å². The molecule has 3 aromatic carbocycles. The van der Waals surface area contributed by atoms with Crippen LogP contribution in [0, 0.1) is 12.8 Å². The number of piperidine rings is 1. The summed E-state index contributed by atoms with van der Waals surface area (Å²) in [5, 5.41) is 11.4. The van der Waals surface area contributed by atoms with E-state index in [9.17, 15) is 14.4 Å². The maximum atomic E-state index is 14.7. The summed E-state index contributed by atoms with van der Waals surface area (Å²) in [5.74, 6) is 0.0898. The van der Waals surface area contributed by atoms with Gasteiger partial charge < -0.3 is 10.1 Å². The smallest absolute Gasteiger partial charge is 0.263 e. The molecular formula is C40H48N6O4. The zero-order valence-electron chi connectivity index (χ0n) is 29.7. The van der Waals surface area contributed by atoms with Crippen LogP contribution in [0.3, 0.4) is 0 Å². The average molecular weight is 677 g/mol. The van der Waals surface area contributed by atoms with Gasteiger partial charge in [-0.25, -0.2) is 0 Å². The molecule has 0 radical (unpaired) electrons. The predicted molar refractivity (Wildman–Crippen MR) is 195 cm³/mol. The molecule has 5 rings (SSSR count). The van der Waals surface area contributed by atoms with Crippen molar-refractivity contribution >= 4 is 23.3 Å². The first-order valence-electron chi connectivity index (χ1n) is 17.5. The number of ether oxygens (including phenoxy) is 1. The molecule has 1 saturated heterocycles. The molecule has 0 saturated carbocycles. The van der Waals surface area contributed by atoms with E-state index in [-0.39, 0.29) is 42.2 Å². The minimum atomic E-state index is -0.209. The van der Waals surface area contributed by atoms with Crippen LogP contribution in [0.25, 0.3) is 0 Å². The summed E-state index contributed by atoms with van der Waals surface area (Å²) >= 11 is 0. The number of carbonyl (C=O) groups excluding carboxylic acids is 3. The van der Waals surface area contributed by atoms with Gasteiger partial charge in [0.2, 0.25) is 5.91 Å². The number of rotatable bonds is 14. The van der Waals surface area contributed by atoms with Crippen molar-refractivity contribution in [2.45, 2.75) is 72.6 Å². The normalized spacial score (nSPS) is 14.7. The van der Waals surface area contributed by atoms with Gasteiger partial charge in [0.05, 0.1) is 30.2 Å². The summed E-state index contributed by atoms with van der Waals surface area (Å²) in [5.41, 5.74) is 4.19. The van der Waals surface area contributed by atoms with Crippen LogP contribution >= 0.6 is 0 Å².